The summed E-state index contributed by atoms with van der Waals surface area (Å²) in [5, 5.41) is 8.25. The summed E-state index contributed by atoms with van der Waals surface area (Å²) in [6.45, 7) is 0.328. The Morgan fingerprint density at radius 1 is 1.05 bits per heavy atom. The molecule has 0 bridgehead atoms. The number of benzene rings is 1. The molecule has 1 aromatic heterocycles. The van der Waals surface area contributed by atoms with Crippen LogP contribution < -0.4 is 16.0 Å². The van der Waals surface area contributed by atoms with Crippen LogP contribution in [0.3, 0.4) is 0 Å². The Labute approximate surface area is 127 Å². The molecule has 3 amide bonds. The van der Waals surface area contributed by atoms with Crippen LogP contribution in [0.25, 0.3) is 0 Å². The van der Waals surface area contributed by atoms with E-state index in [1.807, 2.05) is 0 Å². The largest absolute Gasteiger partial charge is 0.467 e. The Bertz CT molecular complexity index is 646. The van der Waals surface area contributed by atoms with E-state index in [-0.39, 0.29) is 17.9 Å². The second-order valence-electron chi connectivity index (χ2n) is 5.23. The number of amides is 3. The maximum Gasteiger partial charge on any atom is 0.319 e. The van der Waals surface area contributed by atoms with Crippen molar-refractivity contribution in [3.8, 4) is 0 Å². The van der Waals surface area contributed by atoms with Crippen molar-refractivity contribution in [3.05, 3.63) is 48.4 Å². The average Bonchev–Trinajstić information content (AvgIpc) is 3.24. The first-order valence-corrected chi connectivity index (χ1v) is 7.19. The zero-order valence-electron chi connectivity index (χ0n) is 12.0. The van der Waals surface area contributed by atoms with E-state index in [2.05, 4.69) is 16.0 Å². The molecule has 2 aromatic rings. The first-order valence-electron chi connectivity index (χ1n) is 7.19. The van der Waals surface area contributed by atoms with Gasteiger partial charge in [0.2, 0.25) is 5.91 Å². The van der Waals surface area contributed by atoms with Crippen molar-refractivity contribution < 1.29 is 14.0 Å². The fraction of sp³-hybridized carbons (Fsp3) is 0.250. The number of carbonyl (C=O) groups is 2. The first-order chi connectivity index (χ1) is 10.7. The van der Waals surface area contributed by atoms with Crippen molar-refractivity contribution in [1.82, 2.24) is 5.32 Å². The summed E-state index contributed by atoms with van der Waals surface area (Å²) in [5.74, 6) is 0.926. The molecule has 0 aliphatic heterocycles. The molecule has 0 atom stereocenters. The Kier molecular flexibility index (Phi) is 4.09. The van der Waals surface area contributed by atoms with Crippen LogP contribution in [0.4, 0.5) is 16.2 Å². The van der Waals surface area contributed by atoms with Gasteiger partial charge in [-0.05, 0) is 49.2 Å². The molecular formula is C16H17N3O3. The summed E-state index contributed by atoms with van der Waals surface area (Å²) >= 11 is 0. The van der Waals surface area contributed by atoms with Crippen LogP contribution in [0.5, 0.6) is 0 Å². The third-order valence-corrected chi connectivity index (χ3v) is 3.36. The predicted octanol–water partition coefficient (Wildman–Crippen LogP) is 2.95. The number of hydrogen-bond acceptors (Lipinski definition) is 3. The number of rotatable bonds is 5. The van der Waals surface area contributed by atoms with Gasteiger partial charge in [-0.15, -0.1) is 0 Å². The van der Waals surface area contributed by atoms with E-state index in [1.165, 1.54) is 0 Å². The molecule has 3 rings (SSSR count). The lowest BCUT2D eigenvalue weighted by atomic mass is 10.2. The van der Waals surface area contributed by atoms with Gasteiger partial charge >= 0.3 is 6.03 Å². The summed E-state index contributed by atoms with van der Waals surface area (Å²) in [6.07, 6.45) is 3.51. The Morgan fingerprint density at radius 3 is 2.32 bits per heavy atom. The molecule has 6 heteroatoms. The smallest absolute Gasteiger partial charge is 0.319 e. The molecule has 1 heterocycles. The van der Waals surface area contributed by atoms with E-state index < -0.39 is 0 Å². The Morgan fingerprint density at radius 2 is 1.73 bits per heavy atom. The van der Waals surface area contributed by atoms with E-state index in [9.17, 15) is 9.59 Å². The average molecular weight is 299 g/mol. The van der Waals surface area contributed by atoms with Crippen molar-refractivity contribution in [2.45, 2.75) is 19.4 Å². The highest BCUT2D eigenvalue weighted by molar-refractivity contribution is 5.94. The van der Waals surface area contributed by atoms with Crippen LogP contribution in [-0.4, -0.2) is 11.9 Å². The van der Waals surface area contributed by atoms with E-state index >= 15 is 0 Å². The minimum atomic E-state index is -0.314. The Hall–Kier alpha value is -2.76. The number of nitrogens with one attached hydrogen (secondary N) is 3. The van der Waals surface area contributed by atoms with Crippen LogP contribution >= 0.6 is 0 Å². The van der Waals surface area contributed by atoms with Gasteiger partial charge in [0, 0.05) is 17.3 Å². The van der Waals surface area contributed by atoms with Gasteiger partial charge in [-0.2, -0.15) is 0 Å². The molecule has 0 saturated heterocycles. The molecule has 6 nitrogen and oxygen atoms in total. The molecular weight excluding hydrogens is 282 g/mol. The molecule has 1 aliphatic rings. The molecule has 0 spiro atoms. The maximum atomic E-state index is 11.7. The van der Waals surface area contributed by atoms with Crippen molar-refractivity contribution in [2.75, 3.05) is 10.6 Å². The van der Waals surface area contributed by atoms with Gasteiger partial charge in [0.1, 0.15) is 5.76 Å². The quantitative estimate of drug-likeness (QED) is 0.793. The highest BCUT2D eigenvalue weighted by atomic mass is 16.3. The molecule has 1 fully saturated rings. The fourth-order valence-corrected chi connectivity index (χ4v) is 1.98. The van der Waals surface area contributed by atoms with Gasteiger partial charge in [-0.3, -0.25) is 4.79 Å². The van der Waals surface area contributed by atoms with Gasteiger partial charge in [-0.1, -0.05) is 0 Å². The monoisotopic (exact) mass is 299 g/mol. The standard InChI is InChI=1S/C16H17N3O3/c20-15(11-3-4-11)18-12-5-7-13(8-6-12)19-16(21)17-10-14-2-1-9-22-14/h1-2,5-9,11H,3-4,10H2,(H,18,20)(H2,17,19,21). The summed E-state index contributed by atoms with van der Waals surface area (Å²) in [6, 6.07) is 10.3. The second-order valence-corrected chi connectivity index (χ2v) is 5.23. The fourth-order valence-electron chi connectivity index (χ4n) is 1.98. The predicted molar refractivity (Wildman–Crippen MR) is 82.4 cm³/mol. The van der Waals surface area contributed by atoms with Crippen LogP contribution in [0, 0.1) is 5.92 Å². The lowest BCUT2D eigenvalue weighted by molar-refractivity contribution is -0.117. The third kappa shape index (κ3) is 3.88. The number of urea groups is 1. The molecule has 1 aromatic carbocycles. The highest BCUT2D eigenvalue weighted by Crippen LogP contribution is 2.30. The molecule has 1 saturated carbocycles. The van der Waals surface area contributed by atoms with E-state index in [0.29, 0.717) is 18.0 Å². The minimum Gasteiger partial charge on any atom is -0.467 e. The molecule has 1 aliphatic carbocycles. The lowest BCUT2D eigenvalue weighted by Crippen LogP contribution is -2.27. The SMILES string of the molecule is O=C(NCc1ccco1)Nc1ccc(NC(=O)C2CC2)cc1. The van der Waals surface area contributed by atoms with Crippen LogP contribution in [0.2, 0.25) is 0 Å². The number of carbonyl (C=O) groups excluding carboxylic acids is 2. The van der Waals surface area contributed by atoms with Crippen LogP contribution in [-0.2, 0) is 11.3 Å². The van der Waals surface area contributed by atoms with Gasteiger partial charge in [0.05, 0.1) is 12.8 Å². The minimum absolute atomic E-state index is 0.0666. The second kappa shape index (κ2) is 6.34. The Balaban J connectivity index is 1.47. The molecule has 3 N–H and O–H groups in total. The van der Waals surface area contributed by atoms with Gasteiger partial charge in [0.25, 0.3) is 0 Å². The lowest BCUT2D eigenvalue weighted by Gasteiger charge is -2.08. The summed E-state index contributed by atoms with van der Waals surface area (Å²) in [7, 11) is 0. The zero-order valence-corrected chi connectivity index (χ0v) is 12.0. The van der Waals surface area contributed by atoms with Crippen molar-refractivity contribution in [2.24, 2.45) is 5.92 Å². The summed E-state index contributed by atoms with van der Waals surface area (Å²) in [5.41, 5.74) is 1.39. The molecule has 114 valence electrons. The van der Waals surface area contributed by atoms with Crippen LogP contribution in [0.1, 0.15) is 18.6 Å². The van der Waals surface area contributed by atoms with Crippen LogP contribution in [0.15, 0.2) is 47.1 Å². The zero-order chi connectivity index (χ0) is 15.4. The third-order valence-electron chi connectivity index (χ3n) is 3.36. The molecule has 22 heavy (non-hydrogen) atoms. The number of anilines is 2. The number of hydrogen-bond donors (Lipinski definition) is 3. The highest BCUT2D eigenvalue weighted by Gasteiger charge is 2.29. The first kappa shape index (κ1) is 14.2. The van der Waals surface area contributed by atoms with E-state index in [4.69, 9.17) is 4.42 Å². The number of furan rings is 1. The van der Waals surface area contributed by atoms with Crippen molar-refractivity contribution in [3.63, 3.8) is 0 Å². The summed E-state index contributed by atoms with van der Waals surface area (Å²) in [4.78, 5) is 23.4. The molecule has 0 radical (unpaired) electrons. The van der Waals surface area contributed by atoms with E-state index in [1.54, 1.807) is 42.7 Å². The normalized spacial score (nSPS) is 13.5. The topological polar surface area (TPSA) is 83.4 Å². The molecule has 0 unspecified atom stereocenters. The summed E-state index contributed by atoms with van der Waals surface area (Å²) < 4.78 is 5.13. The van der Waals surface area contributed by atoms with Crippen molar-refractivity contribution >= 4 is 23.3 Å². The van der Waals surface area contributed by atoms with E-state index in [0.717, 1.165) is 18.5 Å². The van der Waals surface area contributed by atoms with Crippen molar-refractivity contribution in [1.29, 1.82) is 0 Å². The van der Waals surface area contributed by atoms with Gasteiger partial charge in [0.15, 0.2) is 0 Å². The maximum absolute atomic E-state index is 11.7. The van der Waals surface area contributed by atoms with Gasteiger partial charge < -0.3 is 20.4 Å². The van der Waals surface area contributed by atoms with Gasteiger partial charge in [-0.25, -0.2) is 4.79 Å².